The Morgan fingerprint density at radius 1 is 1.39 bits per heavy atom. The molecule has 1 amide bonds. The maximum atomic E-state index is 12.2. The van der Waals surface area contributed by atoms with Gasteiger partial charge < -0.3 is 9.64 Å². The van der Waals surface area contributed by atoms with Crippen LogP contribution >= 0.6 is 31.3 Å². The van der Waals surface area contributed by atoms with Crippen LogP contribution in [0.15, 0.2) is 23.7 Å². The van der Waals surface area contributed by atoms with E-state index in [9.17, 15) is 4.79 Å². The fraction of sp³-hybridized carbons (Fsp3) is 0.286. The van der Waals surface area contributed by atoms with E-state index in [4.69, 9.17) is 4.74 Å². The van der Waals surface area contributed by atoms with Gasteiger partial charge in [-0.25, -0.2) is 4.98 Å². The Morgan fingerprint density at radius 3 is 3.04 bits per heavy atom. The maximum absolute atomic E-state index is 12.2. The highest BCUT2D eigenvalue weighted by molar-refractivity contribution is 7.70. The van der Waals surface area contributed by atoms with Crippen LogP contribution in [-0.4, -0.2) is 44.9 Å². The molecule has 0 bridgehead atoms. The zero-order valence-electron chi connectivity index (χ0n) is 12.2. The Balaban J connectivity index is 1.34. The summed E-state index contributed by atoms with van der Waals surface area (Å²) in [5.41, 5.74) is 2.82. The van der Waals surface area contributed by atoms with E-state index in [1.165, 1.54) is 11.3 Å². The number of hydrogen-bond donors (Lipinski definition) is 0. The third kappa shape index (κ3) is 3.06. The molecule has 1 atom stereocenters. The summed E-state index contributed by atoms with van der Waals surface area (Å²) >= 11 is 3.07. The maximum Gasteiger partial charge on any atom is 0.247 e. The molecule has 118 valence electrons. The van der Waals surface area contributed by atoms with Gasteiger partial charge in [-0.1, -0.05) is 17.4 Å². The zero-order chi connectivity index (χ0) is 15.8. The van der Waals surface area contributed by atoms with Crippen LogP contribution in [0.1, 0.15) is 5.01 Å². The average Bonchev–Trinajstić information content (AvgIpc) is 3.11. The number of nitrogens with zero attached hydrogens (tertiary/aromatic N) is 4. The molecule has 0 aliphatic carbocycles. The predicted molar refractivity (Wildman–Crippen MR) is 93.6 cm³/mol. The lowest BCUT2D eigenvalue weighted by Crippen LogP contribution is -2.55. The first kappa shape index (κ1) is 14.9. The molecule has 1 saturated heterocycles. The molecule has 1 aliphatic rings. The zero-order valence-corrected chi connectivity index (χ0v) is 14.9. The minimum absolute atomic E-state index is 0.0345. The molecule has 1 aliphatic heterocycles. The number of thiazole rings is 1. The molecule has 3 aromatic rings. The minimum atomic E-state index is 0.0345. The summed E-state index contributed by atoms with van der Waals surface area (Å²) < 4.78 is 7.89. The highest BCUT2D eigenvalue weighted by Gasteiger charge is 2.33. The van der Waals surface area contributed by atoms with E-state index in [2.05, 4.69) is 15.2 Å². The Morgan fingerprint density at radius 2 is 2.26 bits per heavy atom. The fourth-order valence-electron chi connectivity index (χ4n) is 2.33. The predicted octanol–water partition coefficient (Wildman–Crippen LogP) is 2.64. The molecular formula is C14H13N4O2PS2. The number of para-hydroxylation sites is 1. The Hall–Kier alpha value is -1.63. The van der Waals surface area contributed by atoms with Crippen molar-refractivity contribution >= 4 is 51.9 Å². The lowest BCUT2D eigenvalue weighted by molar-refractivity contribution is 0.0544. The van der Waals surface area contributed by atoms with Crippen molar-refractivity contribution < 1.29 is 9.53 Å². The van der Waals surface area contributed by atoms with Crippen LogP contribution in [0.4, 0.5) is 4.79 Å². The molecule has 0 spiro atoms. The number of carbonyl (C=O) groups excluding carboxylic acids is 1. The average molecular weight is 364 g/mol. The van der Waals surface area contributed by atoms with Crippen LogP contribution in [0.5, 0.6) is 5.75 Å². The number of rotatable bonds is 4. The molecule has 1 aromatic carbocycles. The third-order valence-corrected chi connectivity index (χ3v) is 6.39. The van der Waals surface area contributed by atoms with Crippen molar-refractivity contribution in [2.24, 2.45) is 0 Å². The van der Waals surface area contributed by atoms with Crippen molar-refractivity contribution in [3.8, 4) is 5.75 Å². The van der Waals surface area contributed by atoms with Crippen LogP contribution in [0.2, 0.25) is 0 Å². The standard InChI is InChI=1S/C14H13N4O2PS2/c1-8-16-17-13(23-8)21-14(19)18-5-9(6-18)20-10-3-2-4-11-12(10)15-7-22-11/h2-4,7,9,21H,5-6H2,1H3. The van der Waals surface area contributed by atoms with Gasteiger partial charge in [0.05, 0.1) is 23.3 Å². The summed E-state index contributed by atoms with van der Waals surface area (Å²) in [7, 11) is 0.0503. The van der Waals surface area contributed by atoms with Gasteiger partial charge in [0.1, 0.15) is 27.1 Å². The number of aromatic nitrogens is 3. The molecule has 23 heavy (non-hydrogen) atoms. The molecule has 1 fully saturated rings. The topological polar surface area (TPSA) is 68.2 Å². The van der Waals surface area contributed by atoms with E-state index in [1.54, 1.807) is 16.2 Å². The summed E-state index contributed by atoms with van der Waals surface area (Å²) in [6.07, 6.45) is 0.0345. The van der Waals surface area contributed by atoms with E-state index < -0.39 is 0 Å². The molecule has 6 nitrogen and oxygen atoms in total. The lowest BCUT2D eigenvalue weighted by Gasteiger charge is -2.38. The highest BCUT2D eigenvalue weighted by Crippen LogP contribution is 2.30. The van der Waals surface area contributed by atoms with Gasteiger partial charge in [-0.2, -0.15) is 0 Å². The molecule has 0 radical (unpaired) electrons. The second-order valence-electron chi connectivity index (χ2n) is 5.16. The first-order chi connectivity index (χ1) is 11.2. The molecule has 2 aromatic heterocycles. The fourth-order valence-corrected chi connectivity index (χ4v) is 5.00. The molecule has 1 unspecified atom stereocenters. The molecule has 0 saturated carbocycles. The van der Waals surface area contributed by atoms with Gasteiger partial charge in [-0.05, 0) is 19.1 Å². The summed E-state index contributed by atoms with van der Waals surface area (Å²) in [6, 6.07) is 5.93. The summed E-state index contributed by atoms with van der Waals surface area (Å²) in [5.74, 6) is 0.794. The van der Waals surface area contributed by atoms with E-state index in [1.807, 2.05) is 30.6 Å². The molecule has 3 heterocycles. The van der Waals surface area contributed by atoms with Crippen molar-refractivity contribution in [3.05, 3.63) is 28.7 Å². The van der Waals surface area contributed by atoms with Crippen LogP contribution < -0.4 is 9.49 Å². The number of hydrogen-bond acceptors (Lipinski definition) is 7. The van der Waals surface area contributed by atoms with Crippen molar-refractivity contribution in [2.75, 3.05) is 13.1 Å². The van der Waals surface area contributed by atoms with Crippen molar-refractivity contribution in [1.29, 1.82) is 0 Å². The van der Waals surface area contributed by atoms with Crippen molar-refractivity contribution in [2.45, 2.75) is 13.0 Å². The van der Waals surface area contributed by atoms with Gasteiger partial charge in [-0.15, -0.1) is 21.5 Å². The van der Waals surface area contributed by atoms with Crippen LogP contribution in [0.3, 0.4) is 0 Å². The van der Waals surface area contributed by atoms with E-state index in [0.717, 1.165) is 25.7 Å². The van der Waals surface area contributed by atoms with Crippen LogP contribution in [0, 0.1) is 6.92 Å². The summed E-state index contributed by atoms with van der Waals surface area (Å²) in [5, 5.41) is 8.84. The number of ether oxygens (including phenoxy) is 1. The van der Waals surface area contributed by atoms with E-state index in [-0.39, 0.29) is 20.3 Å². The van der Waals surface area contributed by atoms with Gasteiger partial charge in [0, 0.05) is 8.58 Å². The number of amides is 1. The molecule has 9 heteroatoms. The Kier molecular flexibility index (Phi) is 3.97. The van der Waals surface area contributed by atoms with Crippen molar-refractivity contribution in [1.82, 2.24) is 20.1 Å². The quantitative estimate of drug-likeness (QED) is 0.666. The minimum Gasteiger partial charge on any atom is -0.484 e. The molecule has 4 rings (SSSR count). The SMILES string of the molecule is Cc1nnc(PC(=O)N2CC(Oc3cccc4scnc34)C2)s1. The van der Waals surface area contributed by atoms with Gasteiger partial charge in [0.25, 0.3) is 0 Å². The van der Waals surface area contributed by atoms with Gasteiger partial charge >= 0.3 is 0 Å². The third-order valence-electron chi connectivity index (χ3n) is 3.49. The smallest absolute Gasteiger partial charge is 0.247 e. The van der Waals surface area contributed by atoms with Crippen LogP contribution in [-0.2, 0) is 0 Å². The summed E-state index contributed by atoms with van der Waals surface area (Å²) in [6.45, 7) is 3.12. The largest absolute Gasteiger partial charge is 0.484 e. The Labute approximate surface area is 142 Å². The normalized spacial score (nSPS) is 15.4. The first-order valence-electron chi connectivity index (χ1n) is 7.04. The van der Waals surface area contributed by atoms with Gasteiger partial charge in [-0.3, -0.25) is 4.79 Å². The Bertz CT molecular complexity index is 859. The number of likely N-dealkylation sites (tertiary alicyclic amines) is 1. The van der Waals surface area contributed by atoms with Crippen molar-refractivity contribution in [3.63, 3.8) is 0 Å². The number of carbonyl (C=O) groups is 1. The number of benzene rings is 1. The molecule has 0 N–H and O–H groups in total. The number of aryl methyl sites for hydroxylation is 1. The van der Waals surface area contributed by atoms with Crippen LogP contribution in [0.25, 0.3) is 10.2 Å². The first-order valence-corrected chi connectivity index (χ1v) is 9.73. The second-order valence-corrected chi connectivity index (χ2v) is 8.74. The van der Waals surface area contributed by atoms with Gasteiger partial charge in [0.2, 0.25) is 5.65 Å². The lowest BCUT2D eigenvalue weighted by atomic mass is 10.2. The van der Waals surface area contributed by atoms with E-state index in [0.29, 0.717) is 13.1 Å². The van der Waals surface area contributed by atoms with E-state index >= 15 is 0 Å². The number of fused-ring (bicyclic) bond motifs is 1. The highest BCUT2D eigenvalue weighted by atomic mass is 32.1. The van der Waals surface area contributed by atoms with Gasteiger partial charge in [0.15, 0.2) is 0 Å². The molecular weight excluding hydrogens is 351 g/mol. The summed E-state index contributed by atoms with van der Waals surface area (Å²) in [4.78, 5) is 18.3. The monoisotopic (exact) mass is 364 g/mol. The second kappa shape index (κ2) is 6.11.